The molecule has 0 aliphatic heterocycles. The average Bonchev–Trinajstić information content (AvgIpc) is 3.08. The first-order valence-corrected chi connectivity index (χ1v) is 11.1. The molecule has 6 nitrogen and oxygen atoms in total. The van der Waals surface area contributed by atoms with Crippen molar-refractivity contribution in [2.45, 2.75) is 54.3 Å². The summed E-state index contributed by atoms with van der Waals surface area (Å²) < 4.78 is 33.9. The second-order valence-corrected chi connectivity index (χ2v) is 10.4. The van der Waals surface area contributed by atoms with E-state index in [1.54, 1.807) is 6.07 Å². The highest BCUT2D eigenvalue weighted by Crippen LogP contribution is 2.44. The third kappa shape index (κ3) is 4.03. The number of hydrogen-bond donors (Lipinski definition) is 2. The third-order valence-corrected chi connectivity index (χ3v) is 8.55. The minimum atomic E-state index is -3.64. The smallest absolute Gasteiger partial charge is 0.319 e. The van der Waals surface area contributed by atoms with E-state index in [4.69, 9.17) is 16.3 Å². The first-order chi connectivity index (χ1) is 11.9. The Morgan fingerprint density at radius 1 is 1.36 bits per heavy atom. The van der Waals surface area contributed by atoms with Crippen molar-refractivity contribution in [3.05, 3.63) is 16.5 Å². The molecule has 9 heteroatoms. The van der Waals surface area contributed by atoms with Crippen molar-refractivity contribution in [1.29, 1.82) is 0 Å². The maximum Gasteiger partial charge on any atom is 0.319 e. The van der Waals surface area contributed by atoms with E-state index in [1.807, 2.05) is 0 Å². The summed E-state index contributed by atoms with van der Waals surface area (Å²) in [4.78, 5) is 11.6. The molecule has 0 amide bonds. The Kier molecular flexibility index (Phi) is 5.75. The molecule has 0 spiro atoms. The number of halogens is 1. The van der Waals surface area contributed by atoms with Crippen molar-refractivity contribution in [3.8, 4) is 0 Å². The molecule has 1 aromatic heterocycles. The van der Waals surface area contributed by atoms with E-state index < -0.39 is 15.6 Å². The summed E-state index contributed by atoms with van der Waals surface area (Å²) in [7, 11) is -2.28. The predicted octanol–water partition coefficient (Wildman–Crippen LogP) is 2.53. The normalized spacial score (nSPS) is 29.4. The number of rotatable bonds is 6. The summed E-state index contributed by atoms with van der Waals surface area (Å²) in [5.41, 5.74) is -0.399. The molecule has 2 saturated carbocycles. The Morgan fingerprint density at radius 3 is 2.84 bits per heavy atom. The van der Waals surface area contributed by atoms with Gasteiger partial charge in [-0.25, -0.2) is 13.1 Å². The van der Waals surface area contributed by atoms with Crippen LogP contribution in [0.1, 0.15) is 38.5 Å². The van der Waals surface area contributed by atoms with Crippen LogP contribution in [0.15, 0.2) is 16.3 Å². The molecule has 0 aromatic carbocycles. The number of carbonyl (C=O) groups excluding carboxylic acids is 1. The minimum absolute atomic E-state index is 0.0896. The topological polar surface area (TPSA) is 84.5 Å². The van der Waals surface area contributed by atoms with Gasteiger partial charge in [-0.05, 0) is 43.7 Å². The van der Waals surface area contributed by atoms with Crippen LogP contribution in [0.2, 0.25) is 4.34 Å². The van der Waals surface area contributed by atoms with Crippen molar-refractivity contribution >= 4 is 38.9 Å². The Morgan fingerprint density at radius 2 is 2.16 bits per heavy atom. The van der Waals surface area contributed by atoms with Crippen LogP contribution in [-0.2, 0) is 19.6 Å². The molecule has 25 heavy (non-hydrogen) atoms. The lowest BCUT2D eigenvalue weighted by Gasteiger charge is -2.37. The Balaban J connectivity index is 1.84. The fourth-order valence-electron chi connectivity index (χ4n) is 4.14. The number of hydrogen-bond acceptors (Lipinski definition) is 6. The summed E-state index contributed by atoms with van der Waals surface area (Å²) in [5.74, 6) is -0.0634. The summed E-state index contributed by atoms with van der Waals surface area (Å²) in [5, 5.41) is 3.32. The van der Waals surface area contributed by atoms with Crippen LogP contribution in [0.3, 0.4) is 0 Å². The van der Waals surface area contributed by atoms with E-state index in [0.29, 0.717) is 4.34 Å². The van der Waals surface area contributed by atoms with E-state index in [1.165, 1.54) is 13.2 Å². The van der Waals surface area contributed by atoms with E-state index >= 15 is 0 Å². The summed E-state index contributed by atoms with van der Waals surface area (Å²) in [6.45, 7) is 0.0896. The van der Waals surface area contributed by atoms with Crippen LogP contribution >= 0.6 is 22.9 Å². The zero-order valence-electron chi connectivity index (χ0n) is 14.1. The highest BCUT2D eigenvalue weighted by molar-refractivity contribution is 7.91. The second-order valence-electron chi connectivity index (χ2n) is 6.79. The van der Waals surface area contributed by atoms with Gasteiger partial charge in [0, 0.05) is 11.6 Å². The zero-order chi connectivity index (χ0) is 18.1. The number of fused-ring (bicyclic) bond motifs is 2. The highest BCUT2D eigenvalue weighted by atomic mass is 35.5. The number of esters is 1. The van der Waals surface area contributed by atoms with Gasteiger partial charge < -0.3 is 4.74 Å². The average molecular weight is 407 g/mol. The van der Waals surface area contributed by atoms with Crippen LogP contribution in [0, 0.1) is 5.92 Å². The summed E-state index contributed by atoms with van der Waals surface area (Å²) in [6.07, 6.45) is 5.75. The molecule has 0 saturated heterocycles. The first-order valence-electron chi connectivity index (χ1n) is 8.46. The van der Waals surface area contributed by atoms with Crippen LogP contribution in [0.4, 0.5) is 0 Å². The van der Waals surface area contributed by atoms with Gasteiger partial charge in [-0.1, -0.05) is 24.4 Å². The third-order valence-electron chi connectivity index (χ3n) is 5.38. The second kappa shape index (κ2) is 7.52. The highest BCUT2D eigenvalue weighted by Gasteiger charge is 2.50. The fourth-order valence-corrected chi connectivity index (χ4v) is 7.02. The molecular formula is C16H23ClN2O4S2. The van der Waals surface area contributed by atoms with Gasteiger partial charge in [0.1, 0.15) is 4.21 Å². The van der Waals surface area contributed by atoms with E-state index in [-0.39, 0.29) is 28.7 Å². The van der Waals surface area contributed by atoms with Crippen molar-refractivity contribution in [1.82, 2.24) is 10.0 Å². The quantitative estimate of drug-likeness (QED) is 0.709. The minimum Gasteiger partial charge on any atom is -0.468 e. The van der Waals surface area contributed by atoms with E-state index in [9.17, 15) is 13.2 Å². The van der Waals surface area contributed by atoms with Gasteiger partial charge in [0.25, 0.3) is 0 Å². The molecule has 2 fully saturated rings. The first kappa shape index (κ1) is 19.1. The fraction of sp³-hybridized carbons (Fsp3) is 0.688. The van der Waals surface area contributed by atoms with Crippen LogP contribution in [0.5, 0.6) is 0 Å². The van der Waals surface area contributed by atoms with Crippen LogP contribution in [0.25, 0.3) is 0 Å². The largest absolute Gasteiger partial charge is 0.468 e. The summed E-state index contributed by atoms with van der Waals surface area (Å²) >= 11 is 6.95. The van der Waals surface area contributed by atoms with Crippen LogP contribution in [-0.4, -0.2) is 39.6 Å². The number of nitrogens with one attached hydrogen (secondary N) is 2. The number of thiophene rings is 1. The maximum absolute atomic E-state index is 12.8. The SMILES string of the molecule is COC(=O)CN[C@@]12CCCC[C@@H](CC1)[C@@H]2NS(=O)(=O)c1ccc(Cl)s1. The number of sulfonamides is 1. The predicted molar refractivity (Wildman–Crippen MR) is 97.4 cm³/mol. The Hall–Kier alpha value is -0.670. The van der Waals surface area contributed by atoms with E-state index in [0.717, 1.165) is 49.9 Å². The van der Waals surface area contributed by atoms with Gasteiger partial charge in [-0.15, -0.1) is 11.3 Å². The van der Waals surface area contributed by atoms with Crippen molar-refractivity contribution < 1.29 is 17.9 Å². The van der Waals surface area contributed by atoms with Gasteiger partial charge in [-0.3, -0.25) is 10.1 Å². The molecule has 2 N–H and O–H groups in total. The molecular weight excluding hydrogens is 384 g/mol. The van der Waals surface area contributed by atoms with Gasteiger partial charge in [0.15, 0.2) is 0 Å². The van der Waals surface area contributed by atoms with Crippen molar-refractivity contribution in [3.63, 3.8) is 0 Å². The molecule has 0 radical (unpaired) electrons. The molecule has 2 bridgehead atoms. The molecule has 2 aliphatic carbocycles. The zero-order valence-corrected chi connectivity index (χ0v) is 16.5. The van der Waals surface area contributed by atoms with Gasteiger partial charge in [-0.2, -0.15) is 0 Å². The van der Waals surface area contributed by atoms with Gasteiger partial charge in [0.05, 0.1) is 18.0 Å². The Bertz CT molecular complexity index is 736. The van der Waals surface area contributed by atoms with Crippen LogP contribution < -0.4 is 10.0 Å². The molecule has 1 aromatic rings. The van der Waals surface area contributed by atoms with Gasteiger partial charge in [0.2, 0.25) is 10.0 Å². The monoisotopic (exact) mass is 406 g/mol. The molecule has 3 rings (SSSR count). The number of ether oxygens (including phenoxy) is 1. The number of methoxy groups -OCH3 is 1. The van der Waals surface area contributed by atoms with Crippen molar-refractivity contribution in [2.75, 3.05) is 13.7 Å². The van der Waals surface area contributed by atoms with Crippen molar-refractivity contribution in [2.24, 2.45) is 5.92 Å². The maximum atomic E-state index is 12.8. The molecule has 140 valence electrons. The molecule has 0 unspecified atom stereocenters. The summed E-state index contributed by atoms with van der Waals surface area (Å²) in [6, 6.07) is 2.89. The lowest BCUT2D eigenvalue weighted by molar-refractivity contribution is -0.140. The number of carbonyl (C=O) groups is 1. The lowest BCUT2D eigenvalue weighted by atomic mass is 9.88. The molecule has 1 heterocycles. The molecule has 3 atom stereocenters. The van der Waals surface area contributed by atoms with E-state index in [2.05, 4.69) is 10.0 Å². The Labute approximate surface area is 157 Å². The van der Waals surface area contributed by atoms with Gasteiger partial charge >= 0.3 is 5.97 Å². The standard InChI is InChI=1S/C16H23ClN2O4S2/c1-23-13(20)10-18-16-8-3-2-4-11(7-9-16)15(16)19-25(21,22)14-6-5-12(17)24-14/h5-6,11,15,18-19H,2-4,7-10H2,1H3/t11-,15-,16-/m0/s1. The molecule has 2 aliphatic rings. The lowest BCUT2D eigenvalue weighted by Crippen LogP contribution is -2.59.